The Kier molecular flexibility index (Phi) is 7.42. The van der Waals surface area contributed by atoms with Gasteiger partial charge in [-0.25, -0.2) is 0 Å². The number of rotatable bonds is 10. The molecule has 0 radical (unpaired) electrons. The Morgan fingerprint density at radius 1 is 0.862 bits per heavy atom. The minimum absolute atomic E-state index is 0.0139. The summed E-state index contributed by atoms with van der Waals surface area (Å²) < 4.78 is 11.9. The van der Waals surface area contributed by atoms with E-state index in [9.17, 15) is 10.2 Å². The van der Waals surface area contributed by atoms with Crippen molar-refractivity contribution in [1.82, 2.24) is 0 Å². The number of hydrogen-bond donors (Lipinski definition) is 2. The summed E-state index contributed by atoms with van der Waals surface area (Å²) >= 11 is 0. The molecule has 2 N–H and O–H groups in total. The van der Waals surface area contributed by atoms with Gasteiger partial charge in [0.2, 0.25) is 0 Å². The highest BCUT2D eigenvalue weighted by atomic mass is 16.5. The van der Waals surface area contributed by atoms with Crippen molar-refractivity contribution in [3.8, 4) is 5.75 Å². The molecule has 1 unspecified atom stereocenters. The summed E-state index contributed by atoms with van der Waals surface area (Å²) in [4.78, 5) is 0. The third kappa shape index (κ3) is 4.85. The molecule has 0 amide bonds. The zero-order valence-corrected chi connectivity index (χ0v) is 16.7. The quantitative estimate of drug-likeness (QED) is 0.541. The van der Waals surface area contributed by atoms with Crippen molar-refractivity contribution in [3.05, 3.63) is 102 Å². The average Bonchev–Trinajstić information content (AvgIpc) is 2.80. The first-order valence-electron chi connectivity index (χ1n) is 9.82. The molecule has 2 atom stereocenters. The lowest BCUT2D eigenvalue weighted by Crippen LogP contribution is -2.41. The Morgan fingerprint density at radius 2 is 1.55 bits per heavy atom. The number of benzene rings is 3. The van der Waals surface area contributed by atoms with Crippen molar-refractivity contribution in [2.24, 2.45) is 0 Å². The smallest absolute Gasteiger partial charge is 0.123 e. The molecule has 0 aliphatic carbocycles. The number of aliphatic hydroxyl groups excluding tert-OH is 2. The van der Waals surface area contributed by atoms with Gasteiger partial charge in [-0.2, -0.15) is 0 Å². The van der Waals surface area contributed by atoms with Gasteiger partial charge in [0.15, 0.2) is 0 Å². The van der Waals surface area contributed by atoms with Crippen LogP contribution in [0.15, 0.2) is 84.9 Å². The molecule has 29 heavy (non-hydrogen) atoms. The summed E-state index contributed by atoms with van der Waals surface area (Å²) in [5.41, 5.74) is 1.81. The summed E-state index contributed by atoms with van der Waals surface area (Å²) in [5.74, 6) is 0.453. The van der Waals surface area contributed by atoms with Gasteiger partial charge in [-0.15, -0.1) is 0 Å². The van der Waals surface area contributed by atoms with Gasteiger partial charge in [0.05, 0.1) is 20.3 Å². The first kappa shape index (κ1) is 21.1. The van der Waals surface area contributed by atoms with Crippen molar-refractivity contribution in [2.75, 3.05) is 20.3 Å². The summed E-state index contributed by atoms with van der Waals surface area (Å²) in [5, 5.41) is 20.5. The highest BCUT2D eigenvalue weighted by Crippen LogP contribution is 2.43. The molecule has 3 aromatic carbocycles. The molecule has 3 aromatic rings. The molecule has 0 aromatic heterocycles. The predicted molar refractivity (Wildman–Crippen MR) is 114 cm³/mol. The summed E-state index contributed by atoms with van der Waals surface area (Å²) in [6.45, 7) is 0.0971. The van der Waals surface area contributed by atoms with Crippen LogP contribution in [0, 0.1) is 0 Å². The fourth-order valence-corrected chi connectivity index (χ4v) is 3.79. The standard InChI is InChI=1S/C25H28O4/c1-28-23-14-8-13-22(17-23)25(19-27,29-18-20-9-4-2-5-10-20)24(15-16-26)21-11-6-3-7-12-21/h2-14,17,24,26-27H,15-16,18-19H2,1H3/t24-,25?/m0/s1. The maximum Gasteiger partial charge on any atom is 0.123 e. The van der Waals surface area contributed by atoms with Gasteiger partial charge in [-0.05, 0) is 35.2 Å². The highest BCUT2D eigenvalue weighted by molar-refractivity contribution is 5.37. The summed E-state index contributed by atoms with van der Waals surface area (Å²) in [7, 11) is 1.62. The molecule has 152 valence electrons. The van der Waals surface area contributed by atoms with E-state index in [0.29, 0.717) is 18.8 Å². The van der Waals surface area contributed by atoms with Crippen LogP contribution < -0.4 is 4.74 Å². The second-order valence-electron chi connectivity index (χ2n) is 7.03. The fraction of sp³-hybridized carbons (Fsp3) is 0.280. The molecule has 0 bridgehead atoms. The van der Waals surface area contributed by atoms with E-state index in [0.717, 1.165) is 16.7 Å². The number of hydrogen-bond acceptors (Lipinski definition) is 4. The van der Waals surface area contributed by atoms with E-state index in [1.165, 1.54) is 0 Å². The number of methoxy groups -OCH3 is 1. The number of ether oxygens (including phenoxy) is 2. The van der Waals surface area contributed by atoms with Gasteiger partial charge < -0.3 is 19.7 Å². The zero-order valence-electron chi connectivity index (χ0n) is 16.7. The topological polar surface area (TPSA) is 58.9 Å². The lowest BCUT2D eigenvalue weighted by molar-refractivity contribution is -0.117. The van der Waals surface area contributed by atoms with Crippen molar-refractivity contribution < 1.29 is 19.7 Å². The van der Waals surface area contributed by atoms with Crippen LogP contribution in [-0.4, -0.2) is 30.5 Å². The van der Waals surface area contributed by atoms with E-state index < -0.39 is 5.60 Å². The van der Waals surface area contributed by atoms with Crippen LogP contribution in [0.4, 0.5) is 0 Å². The minimum atomic E-state index is -1.03. The van der Waals surface area contributed by atoms with Crippen molar-refractivity contribution in [3.63, 3.8) is 0 Å². The van der Waals surface area contributed by atoms with Gasteiger partial charge in [0.25, 0.3) is 0 Å². The first-order chi connectivity index (χ1) is 14.2. The zero-order chi connectivity index (χ0) is 20.5. The Morgan fingerprint density at radius 3 is 2.17 bits per heavy atom. The van der Waals surface area contributed by atoms with Gasteiger partial charge in [-0.1, -0.05) is 72.8 Å². The lowest BCUT2D eigenvalue weighted by Gasteiger charge is -2.40. The van der Waals surface area contributed by atoms with Gasteiger partial charge >= 0.3 is 0 Å². The van der Waals surface area contributed by atoms with Crippen LogP contribution in [-0.2, 0) is 16.9 Å². The third-order valence-corrected chi connectivity index (χ3v) is 5.32. The Balaban J connectivity index is 2.09. The summed E-state index contributed by atoms with van der Waals surface area (Å²) in [6, 6.07) is 27.4. The second-order valence-corrected chi connectivity index (χ2v) is 7.03. The largest absolute Gasteiger partial charge is 0.497 e. The third-order valence-electron chi connectivity index (χ3n) is 5.32. The Labute approximate surface area is 172 Å². The monoisotopic (exact) mass is 392 g/mol. The molecule has 4 heteroatoms. The lowest BCUT2D eigenvalue weighted by atomic mass is 9.75. The van der Waals surface area contributed by atoms with Crippen LogP contribution in [0.2, 0.25) is 0 Å². The van der Waals surface area contributed by atoms with Crippen molar-refractivity contribution in [1.29, 1.82) is 0 Å². The Hall–Kier alpha value is -2.66. The van der Waals surface area contributed by atoms with Crippen molar-refractivity contribution >= 4 is 0 Å². The SMILES string of the molecule is COc1cccc(C(CO)(OCc2ccccc2)[C@@H](CCO)c2ccccc2)c1. The van der Waals surface area contributed by atoms with Crippen LogP contribution in [0.25, 0.3) is 0 Å². The van der Waals surface area contributed by atoms with E-state index in [1.807, 2.05) is 84.9 Å². The molecule has 0 saturated carbocycles. The second kappa shape index (κ2) is 10.2. The molecule has 3 rings (SSSR count). The maximum atomic E-state index is 10.7. The van der Waals surface area contributed by atoms with Crippen LogP contribution >= 0.6 is 0 Å². The highest BCUT2D eigenvalue weighted by Gasteiger charge is 2.42. The minimum Gasteiger partial charge on any atom is -0.497 e. The predicted octanol–water partition coefficient (Wildman–Crippen LogP) is 4.27. The van der Waals surface area contributed by atoms with Crippen LogP contribution in [0.3, 0.4) is 0 Å². The van der Waals surface area contributed by atoms with Gasteiger partial charge in [0.1, 0.15) is 11.4 Å². The van der Waals surface area contributed by atoms with E-state index in [2.05, 4.69) is 0 Å². The number of aliphatic hydroxyl groups is 2. The molecule has 0 aliphatic heterocycles. The molecule has 0 heterocycles. The molecule has 0 fully saturated rings. The molecule has 0 saturated heterocycles. The normalized spacial score (nSPS) is 14.2. The molecule has 4 nitrogen and oxygen atoms in total. The summed E-state index contributed by atoms with van der Waals surface area (Å²) in [6.07, 6.45) is 0.455. The van der Waals surface area contributed by atoms with Gasteiger partial charge in [-0.3, -0.25) is 0 Å². The molecule has 0 spiro atoms. The van der Waals surface area contributed by atoms with E-state index in [4.69, 9.17) is 9.47 Å². The molecule has 0 aliphatic rings. The van der Waals surface area contributed by atoms with Crippen LogP contribution in [0.5, 0.6) is 5.75 Å². The maximum absolute atomic E-state index is 10.7. The van der Waals surface area contributed by atoms with Crippen LogP contribution in [0.1, 0.15) is 29.0 Å². The van der Waals surface area contributed by atoms with E-state index in [1.54, 1.807) is 7.11 Å². The van der Waals surface area contributed by atoms with E-state index >= 15 is 0 Å². The van der Waals surface area contributed by atoms with E-state index in [-0.39, 0.29) is 19.1 Å². The fourth-order valence-electron chi connectivity index (χ4n) is 3.79. The van der Waals surface area contributed by atoms with Crippen molar-refractivity contribution in [2.45, 2.75) is 24.5 Å². The Bertz CT molecular complexity index is 866. The average molecular weight is 392 g/mol. The van der Waals surface area contributed by atoms with Gasteiger partial charge in [0, 0.05) is 12.5 Å². The molecular formula is C25H28O4. The molecular weight excluding hydrogens is 364 g/mol. The first-order valence-corrected chi connectivity index (χ1v) is 9.82.